The summed E-state index contributed by atoms with van der Waals surface area (Å²) in [5.41, 5.74) is -0.0990. The Morgan fingerprint density at radius 2 is 1.85 bits per heavy atom. The second kappa shape index (κ2) is 6.36. The number of benzene rings is 1. The van der Waals surface area contributed by atoms with E-state index in [1.54, 1.807) is 20.8 Å². The Morgan fingerprint density at radius 1 is 1.30 bits per heavy atom. The summed E-state index contributed by atoms with van der Waals surface area (Å²) in [6.07, 6.45) is -0.749. The van der Waals surface area contributed by atoms with Crippen LogP contribution in [-0.4, -0.2) is 28.8 Å². The fourth-order valence-electron chi connectivity index (χ4n) is 1.51. The fourth-order valence-corrected chi connectivity index (χ4v) is 1.51. The summed E-state index contributed by atoms with van der Waals surface area (Å²) < 4.78 is 17.8. The van der Waals surface area contributed by atoms with Crippen molar-refractivity contribution in [3.63, 3.8) is 0 Å². The number of carboxylic acids is 1. The molecule has 0 bridgehead atoms. The summed E-state index contributed by atoms with van der Waals surface area (Å²) >= 11 is 0. The van der Waals surface area contributed by atoms with Gasteiger partial charge in [0.05, 0.1) is 0 Å². The van der Waals surface area contributed by atoms with Crippen molar-refractivity contribution in [2.75, 3.05) is 0 Å². The standard InChI is InChI=1S/C14H18FNO4/c1-14(2,3)20-13(19)16-11(12(17)18)8-9-4-6-10(15)7-5-9/h4-7,11H,8H2,1-3H3,(H,16,19)(H,17,18)/t11-/m0/s1. The van der Waals surface area contributed by atoms with Gasteiger partial charge in [0.2, 0.25) is 0 Å². The highest BCUT2D eigenvalue weighted by Gasteiger charge is 2.24. The molecule has 0 aliphatic rings. The third-order valence-corrected chi connectivity index (χ3v) is 2.34. The molecule has 0 heterocycles. The Kier molecular flexibility index (Phi) is 5.07. The molecule has 0 aliphatic carbocycles. The summed E-state index contributed by atoms with van der Waals surface area (Å²) in [5, 5.41) is 11.4. The lowest BCUT2D eigenvalue weighted by molar-refractivity contribution is -0.139. The molecule has 0 spiro atoms. The SMILES string of the molecule is CC(C)(C)OC(=O)N[C@@H](Cc1ccc(F)cc1)C(=O)O. The average molecular weight is 283 g/mol. The van der Waals surface area contributed by atoms with E-state index < -0.39 is 29.5 Å². The maximum Gasteiger partial charge on any atom is 0.408 e. The van der Waals surface area contributed by atoms with Gasteiger partial charge < -0.3 is 15.2 Å². The number of aliphatic carboxylic acids is 1. The van der Waals surface area contributed by atoms with Crippen LogP contribution in [-0.2, 0) is 16.0 Å². The molecule has 1 aromatic carbocycles. The van der Waals surface area contributed by atoms with Crippen LogP contribution in [0.5, 0.6) is 0 Å². The molecule has 0 saturated heterocycles. The van der Waals surface area contributed by atoms with Crippen LogP contribution in [0.4, 0.5) is 9.18 Å². The van der Waals surface area contributed by atoms with Gasteiger partial charge in [0.15, 0.2) is 0 Å². The predicted molar refractivity (Wildman–Crippen MR) is 70.9 cm³/mol. The zero-order chi connectivity index (χ0) is 15.3. The zero-order valence-electron chi connectivity index (χ0n) is 11.6. The monoisotopic (exact) mass is 283 g/mol. The Labute approximate surface area is 116 Å². The minimum Gasteiger partial charge on any atom is -0.480 e. The number of hydrogen-bond acceptors (Lipinski definition) is 3. The van der Waals surface area contributed by atoms with E-state index in [1.807, 2.05) is 0 Å². The molecule has 6 heteroatoms. The van der Waals surface area contributed by atoms with Crippen LogP contribution in [0.15, 0.2) is 24.3 Å². The summed E-state index contributed by atoms with van der Waals surface area (Å²) in [4.78, 5) is 22.7. The van der Waals surface area contributed by atoms with Crippen molar-refractivity contribution in [1.82, 2.24) is 5.32 Å². The van der Waals surface area contributed by atoms with E-state index in [9.17, 15) is 14.0 Å². The van der Waals surface area contributed by atoms with E-state index >= 15 is 0 Å². The Hall–Kier alpha value is -2.11. The van der Waals surface area contributed by atoms with Crippen LogP contribution in [0.2, 0.25) is 0 Å². The van der Waals surface area contributed by atoms with Gasteiger partial charge >= 0.3 is 12.1 Å². The molecule has 1 aromatic rings. The number of carboxylic acid groups (broad SMARTS) is 1. The lowest BCUT2D eigenvalue weighted by Gasteiger charge is -2.22. The third-order valence-electron chi connectivity index (χ3n) is 2.34. The number of hydrogen-bond donors (Lipinski definition) is 2. The molecule has 0 aromatic heterocycles. The van der Waals surface area contributed by atoms with E-state index in [-0.39, 0.29) is 6.42 Å². The minimum absolute atomic E-state index is 0.0505. The summed E-state index contributed by atoms with van der Waals surface area (Å²) in [5.74, 6) is -1.58. The summed E-state index contributed by atoms with van der Waals surface area (Å²) in [6, 6.07) is 4.29. The van der Waals surface area contributed by atoms with Crippen molar-refractivity contribution in [3.05, 3.63) is 35.6 Å². The number of ether oxygens (including phenoxy) is 1. The van der Waals surface area contributed by atoms with E-state index in [1.165, 1.54) is 24.3 Å². The molecular weight excluding hydrogens is 265 g/mol. The van der Waals surface area contributed by atoms with Crippen molar-refractivity contribution in [1.29, 1.82) is 0 Å². The lowest BCUT2D eigenvalue weighted by atomic mass is 10.1. The zero-order valence-corrected chi connectivity index (χ0v) is 11.6. The number of amides is 1. The Balaban J connectivity index is 2.68. The molecule has 2 N–H and O–H groups in total. The quantitative estimate of drug-likeness (QED) is 0.889. The van der Waals surface area contributed by atoms with Gasteiger partial charge in [0, 0.05) is 6.42 Å². The molecule has 0 fully saturated rings. The normalized spacial score (nSPS) is 12.6. The molecule has 1 rings (SSSR count). The molecular formula is C14H18FNO4. The van der Waals surface area contributed by atoms with Gasteiger partial charge in [0.1, 0.15) is 17.5 Å². The van der Waals surface area contributed by atoms with Crippen molar-refractivity contribution in [2.24, 2.45) is 0 Å². The van der Waals surface area contributed by atoms with Crippen LogP contribution in [0.1, 0.15) is 26.3 Å². The van der Waals surface area contributed by atoms with Crippen molar-refractivity contribution in [3.8, 4) is 0 Å². The molecule has 0 saturated carbocycles. The third kappa shape index (κ3) is 5.69. The minimum atomic E-state index is -1.18. The first-order chi connectivity index (χ1) is 9.17. The smallest absolute Gasteiger partial charge is 0.408 e. The average Bonchev–Trinajstić information content (AvgIpc) is 2.28. The topological polar surface area (TPSA) is 75.6 Å². The lowest BCUT2D eigenvalue weighted by Crippen LogP contribution is -2.44. The van der Waals surface area contributed by atoms with Gasteiger partial charge in [-0.3, -0.25) is 0 Å². The van der Waals surface area contributed by atoms with Crippen LogP contribution < -0.4 is 5.32 Å². The molecule has 1 amide bonds. The fraction of sp³-hybridized carbons (Fsp3) is 0.429. The molecule has 1 atom stereocenters. The highest BCUT2D eigenvalue weighted by Crippen LogP contribution is 2.09. The number of nitrogens with one attached hydrogen (secondary N) is 1. The van der Waals surface area contributed by atoms with E-state index in [2.05, 4.69) is 5.32 Å². The van der Waals surface area contributed by atoms with E-state index in [4.69, 9.17) is 9.84 Å². The Bertz CT molecular complexity index is 479. The van der Waals surface area contributed by atoms with Crippen LogP contribution in [0.25, 0.3) is 0 Å². The first-order valence-electron chi connectivity index (χ1n) is 6.14. The number of carbonyl (C=O) groups excluding carboxylic acids is 1. The van der Waals surface area contributed by atoms with Crippen molar-refractivity contribution < 1.29 is 23.8 Å². The van der Waals surface area contributed by atoms with Gasteiger partial charge in [-0.1, -0.05) is 12.1 Å². The van der Waals surface area contributed by atoms with Gasteiger partial charge in [-0.25, -0.2) is 14.0 Å². The molecule has 0 radical (unpaired) electrons. The van der Waals surface area contributed by atoms with Crippen molar-refractivity contribution >= 4 is 12.1 Å². The number of halogens is 1. The van der Waals surface area contributed by atoms with Gasteiger partial charge in [-0.15, -0.1) is 0 Å². The highest BCUT2D eigenvalue weighted by molar-refractivity contribution is 5.80. The number of alkyl carbamates (subject to hydrolysis) is 1. The van der Waals surface area contributed by atoms with Crippen LogP contribution in [0.3, 0.4) is 0 Å². The summed E-state index contributed by atoms with van der Waals surface area (Å²) in [6.45, 7) is 5.05. The number of carbonyl (C=O) groups is 2. The van der Waals surface area contributed by atoms with E-state index in [0.717, 1.165) is 0 Å². The first-order valence-corrected chi connectivity index (χ1v) is 6.14. The predicted octanol–water partition coefficient (Wildman–Crippen LogP) is 2.35. The molecule has 110 valence electrons. The molecule has 5 nitrogen and oxygen atoms in total. The molecule has 0 aliphatic heterocycles. The molecule has 20 heavy (non-hydrogen) atoms. The van der Waals surface area contributed by atoms with Gasteiger partial charge in [-0.05, 0) is 38.5 Å². The largest absolute Gasteiger partial charge is 0.480 e. The first kappa shape index (κ1) is 15.9. The van der Waals surface area contributed by atoms with Crippen LogP contribution in [0, 0.1) is 5.82 Å². The van der Waals surface area contributed by atoms with E-state index in [0.29, 0.717) is 5.56 Å². The second-order valence-electron chi connectivity index (χ2n) is 5.37. The molecule has 0 unspecified atom stereocenters. The maximum absolute atomic E-state index is 12.8. The second-order valence-corrected chi connectivity index (χ2v) is 5.37. The number of rotatable bonds is 4. The summed E-state index contributed by atoms with van der Waals surface area (Å²) in [7, 11) is 0. The Morgan fingerprint density at radius 3 is 2.30 bits per heavy atom. The van der Waals surface area contributed by atoms with Gasteiger partial charge in [0.25, 0.3) is 0 Å². The highest BCUT2D eigenvalue weighted by atomic mass is 19.1. The van der Waals surface area contributed by atoms with Crippen molar-refractivity contribution in [2.45, 2.75) is 38.8 Å². The van der Waals surface area contributed by atoms with Crippen LogP contribution >= 0.6 is 0 Å². The van der Waals surface area contributed by atoms with Gasteiger partial charge in [-0.2, -0.15) is 0 Å². The maximum atomic E-state index is 12.8.